The molecule has 2 saturated carbocycles. The lowest BCUT2D eigenvalue weighted by Crippen LogP contribution is -2.60. The van der Waals surface area contributed by atoms with Crippen LogP contribution in [-0.2, 0) is 29.1 Å². The van der Waals surface area contributed by atoms with E-state index < -0.39 is 85.7 Å². The highest BCUT2D eigenvalue weighted by Gasteiger charge is 2.63. The molecule has 3 N–H and O–H groups in total. The van der Waals surface area contributed by atoms with Crippen LogP contribution in [0.3, 0.4) is 0 Å². The maximum absolute atomic E-state index is 15.0. The average molecular weight is 866 g/mol. The van der Waals surface area contributed by atoms with E-state index in [4.69, 9.17) is 25.8 Å². The number of hydrogen-bond acceptors (Lipinski definition) is 10. The number of nitrogens with zero attached hydrogens (tertiary/aromatic N) is 2. The third-order valence-corrected chi connectivity index (χ3v) is 15.0. The maximum Gasteiger partial charge on any atom is 0.408 e. The second kappa shape index (κ2) is 16.3. The van der Waals surface area contributed by atoms with Crippen LogP contribution in [0.5, 0.6) is 11.6 Å². The highest BCUT2D eigenvalue weighted by molar-refractivity contribution is 7.91. The Labute approximate surface area is 348 Å². The molecule has 1 aromatic carbocycles. The number of sulfonamides is 1. The van der Waals surface area contributed by atoms with Crippen molar-refractivity contribution < 1.29 is 50.6 Å². The molecule has 6 rings (SSSR count). The second-order valence-corrected chi connectivity index (χ2v) is 20.0. The molecular formula is C41H54ClF2N5O9S. The number of methoxy groups -OCH3 is 1. The summed E-state index contributed by atoms with van der Waals surface area (Å²) in [6.07, 6.45) is 6.07. The summed E-state index contributed by atoms with van der Waals surface area (Å²) < 4.78 is 73.5. The van der Waals surface area contributed by atoms with E-state index in [-0.39, 0.29) is 31.2 Å². The highest BCUT2D eigenvalue weighted by atomic mass is 35.5. The minimum atomic E-state index is -4.07. The molecule has 1 aromatic heterocycles. The number of allylic oxidation sites excluding steroid dienone is 1. The zero-order chi connectivity index (χ0) is 43.3. The average Bonchev–Trinajstić information content (AvgIpc) is 4.03. The molecule has 0 bridgehead atoms. The van der Waals surface area contributed by atoms with E-state index in [1.54, 1.807) is 25.1 Å². The van der Waals surface area contributed by atoms with Crippen LogP contribution in [0.25, 0.3) is 10.8 Å². The monoisotopic (exact) mass is 865 g/mol. The highest BCUT2D eigenvalue weighted by Crippen LogP contribution is 2.48. The number of halogens is 3. The fourth-order valence-corrected chi connectivity index (χ4v) is 9.40. The van der Waals surface area contributed by atoms with E-state index in [1.165, 1.54) is 18.2 Å². The molecule has 0 radical (unpaired) electrons. The minimum absolute atomic E-state index is 0.0176. The van der Waals surface area contributed by atoms with Gasteiger partial charge < -0.3 is 29.7 Å². The summed E-state index contributed by atoms with van der Waals surface area (Å²) in [5.74, 6) is -6.15. The van der Waals surface area contributed by atoms with Gasteiger partial charge in [0.25, 0.3) is 11.8 Å². The Morgan fingerprint density at radius 3 is 2.51 bits per heavy atom. The van der Waals surface area contributed by atoms with Crippen LogP contribution in [0, 0.1) is 17.8 Å². The fraction of sp³-hybridized carbons (Fsp3) is 0.634. The SMILES string of the molecule is CC[C@@H]1C[C@@H](C)CC/C=C\C2C[C@@]2(C(=O)NS(=O)(=O)C2(C)CC2)NC(=O)[C@@H]2C[C@@H](Oc3nccc4cc(OC)c(Cl)cc34)CN2C(=O)[C@H]1NC(=O)OC(C)(C)C(C)(F)F. The summed E-state index contributed by atoms with van der Waals surface area (Å²) in [4.78, 5) is 62.6. The summed E-state index contributed by atoms with van der Waals surface area (Å²) in [6.45, 7) is 7.99. The van der Waals surface area contributed by atoms with Crippen LogP contribution in [0.4, 0.5) is 13.6 Å². The lowest BCUT2D eigenvalue weighted by Gasteiger charge is -2.35. The first-order valence-electron chi connectivity index (χ1n) is 20.1. The second-order valence-electron chi connectivity index (χ2n) is 17.4. The zero-order valence-electron chi connectivity index (χ0n) is 34.4. The number of rotatable bonds is 10. The van der Waals surface area contributed by atoms with Crippen molar-refractivity contribution in [3.05, 3.63) is 41.6 Å². The number of amides is 4. The van der Waals surface area contributed by atoms with Crippen molar-refractivity contribution >= 4 is 56.2 Å². The smallest absolute Gasteiger partial charge is 0.408 e. The molecule has 3 fully saturated rings. The Hall–Kier alpha value is -4.25. The first kappa shape index (κ1) is 44.3. The fourth-order valence-electron chi connectivity index (χ4n) is 7.85. The topological polar surface area (TPSA) is 182 Å². The summed E-state index contributed by atoms with van der Waals surface area (Å²) in [6, 6.07) is 2.48. The third kappa shape index (κ3) is 9.10. The van der Waals surface area contributed by atoms with Gasteiger partial charge in [0.1, 0.15) is 29.5 Å². The molecule has 14 nitrogen and oxygen atoms in total. The van der Waals surface area contributed by atoms with Gasteiger partial charge in [0.2, 0.25) is 27.7 Å². The number of alkyl carbamates (subject to hydrolysis) is 1. The number of hydrogen-bond donors (Lipinski definition) is 3. The molecule has 4 aliphatic rings. The standard InChI is InChI=1S/C41H54ClF2N5O9S/c1-8-24-17-23(2)11-9-10-12-26-21-41(26,36(52)48-59(54,55)39(5)14-15-39)47-33(50)30-19-27(57-34-28-20-29(42)31(56-7)18-25(28)13-16-45-34)22-49(30)35(51)32(24)46-37(53)58-38(3,4)40(6,43)44/h10,12-13,16,18,20,23-24,26-27,30,32H,8-9,11,14-15,17,19,21-22H2,1-7H3,(H,46,53)(H,47,50)(H,48,52)/b12-10-/t23-,24+,26?,27+,30-,32-,41+/m0/s1. The van der Waals surface area contributed by atoms with E-state index in [0.717, 1.165) is 13.8 Å². The number of carbonyl (C=O) groups excluding carboxylic acids is 4. The molecule has 3 heterocycles. The quantitative estimate of drug-likeness (QED) is 0.238. The molecule has 1 saturated heterocycles. The molecular weight excluding hydrogens is 812 g/mol. The van der Waals surface area contributed by atoms with Crippen LogP contribution in [-0.4, -0.2) is 95.8 Å². The molecule has 7 atom stereocenters. The predicted octanol–water partition coefficient (Wildman–Crippen LogP) is 6.05. The Bertz CT molecular complexity index is 2130. The van der Waals surface area contributed by atoms with Gasteiger partial charge in [-0.05, 0) is 94.7 Å². The molecule has 2 aromatic rings. The summed E-state index contributed by atoms with van der Waals surface area (Å²) in [7, 11) is -2.58. The molecule has 4 amide bonds. The van der Waals surface area contributed by atoms with E-state index in [1.807, 2.05) is 26.0 Å². The van der Waals surface area contributed by atoms with Gasteiger partial charge in [0.05, 0.1) is 23.4 Å². The van der Waals surface area contributed by atoms with Gasteiger partial charge in [-0.1, -0.05) is 44.0 Å². The first-order valence-corrected chi connectivity index (χ1v) is 21.9. The zero-order valence-corrected chi connectivity index (χ0v) is 36.0. The first-order chi connectivity index (χ1) is 27.5. The number of alkyl halides is 2. The number of fused-ring (bicyclic) bond motifs is 3. The number of benzene rings is 1. The van der Waals surface area contributed by atoms with E-state index in [2.05, 4.69) is 20.3 Å². The number of ether oxygens (including phenoxy) is 3. The Morgan fingerprint density at radius 1 is 1.15 bits per heavy atom. The molecule has 324 valence electrons. The Kier molecular flexibility index (Phi) is 12.3. The molecule has 0 spiro atoms. The normalized spacial score (nSPS) is 29.2. The molecule has 18 heteroatoms. The number of pyridine rings is 1. The molecule has 59 heavy (non-hydrogen) atoms. The van der Waals surface area contributed by atoms with Crippen LogP contribution in [0.15, 0.2) is 36.5 Å². The summed E-state index contributed by atoms with van der Waals surface area (Å²) in [5, 5.41) is 6.95. The van der Waals surface area contributed by atoms with Crippen LogP contribution < -0.4 is 24.8 Å². The van der Waals surface area contributed by atoms with Crippen molar-refractivity contribution in [1.29, 1.82) is 0 Å². The summed E-state index contributed by atoms with van der Waals surface area (Å²) >= 11 is 6.47. The largest absolute Gasteiger partial charge is 0.495 e. The molecule has 1 unspecified atom stereocenters. The van der Waals surface area contributed by atoms with E-state index >= 15 is 0 Å². The van der Waals surface area contributed by atoms with Crippen LogP contribution in [0.1, 0.15) is 92.9 Å². The summed E-state index contributed by atoms with van der Waals surface area (Å²) in [5.41, 5.74) is -3.85. The molecule has 2 aliphatic heterocycles. The maximum atomic E-state index is 15.0. The van der Waals surface area contributed by atoms with E-state index in [0.29, 0.717) is 67.0 Å². The lowest BCUT2D eigenvalue weighted by atomic mass is 9.85. The van der Waals surface area contributed by atoms with Gasteiger partial charge in [-0.25, -0.2) is 27.0 Å². The third-order valence-electron chi connectivity index (χ3n) is 12.6. The van der Waals surface area contributed by atoms with Crippen molar-refractivity contribution in [2.45, 2.75) is 133 Å². The van der Waals surface area contributed by atoms with Gasteiger partial charge in [0, 0.05) is 30.8 Å². The van der Waals surface area contributed by atoms with Crippen molar-refractivity contribution in [2.24, 2.45) is 17.8 Å². The van der Waals surface area contributed by atoms with Crippen molar-refractivity contribution in [1.82, 2.24) is 25.2 Å². The van der Waals surface area contributed by atoms with Gasteiger partial charge in [-0.3, -0.25) is 19.1 Å². The lowest BCUT2D eigenvalue weighted by molar-refractivity contribution is -0.152. The predicted molar refractivity (Wildman–Crippen MR) is 216 cm³/mol. The van der Waals surface area contributed by atoms with E-state index in [9.17, 15) is 36.4 Å². The van der Waals surface area contributed by atoms with Crippen molar-refractivity contribution in [3.8, 4) is 11.6 Å². The van der Waals surface area contributed by atoms with Gasteiger partial charge in [-0.2, -0.15) is 0 Å². The van der Waals surface area contributed by atoms with Gasteiger partial charge >= 0.3 is 6.09 Å². The number of aromatic nitrogens is 1. The van der Waals surface area contributed by atoms with Crippen LogP contribution >= 0.6 is 11.6 Å². The number of nitrogens with one attached hydrogen (secondary N) is 3. The van der Waals surface area contributed by atoms with Crippen molar-refractivity contribution in [2.75, 3.05) is 13.7 Å². The van der Waals surface area contributed by atoms with Crippen LogP contribution in [0.2, 0.25) is 5.02 Å². The van der Waals surface area contributed by atoms with Gasteiger partial charge in [-0.15, -0.1) is 0 Å². The minimum Gasteiger partial charge on any atom is -0.495 e. The Balaban J connectivity index is 1.38. The molecule has 2 aliphatic carbocycles. The van der Waals surface area contributed by atoms with Gasteiger partial charge in [0.15, 0.2) is 5.60 Å². The Morgan fingerprint density at radius 2 is 1.86 bits per heavy atom. The number of carbonyl (C=O) groups is 4. The van der Waals surface area contributed by atoms with Crippen molar-refractivity contribution in [3.63, 3.8) is 0 Å².